The van der Waals surface area contributed by atoms with E-state index in [9.17, 15) is 0 Å². The maximum absolute atomic E-state index is 5.85. The molecule has 1 aromatic rings. The highest BCUT2D eigenvalue weighted by Crippen LogP contribution is 2.24. The molecular weight excluding hydrogens is 340 g/mol. The zero-order chi connectivity index (χ0) is 16.8. The number of morpholine rings is 2. The number of thioether (sulfide) groups is 1. The van der Waals surface area contributed by atoms with E-state index in [0.717, 1.165) is 63.2 Å². The Kier molecular flexibility index (Phi) is 6.54. The van der Waals surface area contributed by atoms with Gasteiger partial charge in [0.25, 0.3) is 0 Å². The van der Waals surface area contributed by atoms with Crippen LogP contribution in [0.5, 0.6) is 0 Å². The monoisotopic (exact) mass is 364 g/mol. The van der Waals surface area contributed by atoms with E-state index in [4.69, 9.17) is 21.7 Å². The van der Waals surface area contributed by atoms with E-state index in [1.807, 2.05) is 0 Å². The van der Waals surface area contributed by atoms with Crippen LogP contribution in [0.25, 0.3) is 5.57 Å². The molecule has 1 aromatic carbocycles. The summed E-state index contributed by atoms with van der Waals surface area (Å²) in [5.74, 6) is 0. The summed E-state index contributed by atoms with van der Waals surface area (Å²) in [6.45, 7) is 6.60. The molecular formula is C18H24N2O2S2. The second kappa shape index (κ2) is 8.85. The van der Waals surface area contributed by atoms with Gasteiger partial charge in [0.2, 0.25) is 0 Å². The Bertz CT molecular complexity index is 577. The number of nitrogens with zero attached hydrogens (tertiary/aromatic N) is 2. The van der Waals surface area contributed by atoms with E-state index < -0.39 is 0 Å². The van der Waals surface area contributed by atoms with Crippen molar-refractivity contribution in [3.8, 4) is 0 Å². The van der Waals surface area contributed by atoms with Crippen molar-refractivity contribution >= 4 is 34.5 Å². The van der Waals surface area contributed by atoms with Gasteiger partial charge in [-0.3, -0.25) is 0 Å². The SMILES string of the molecule is CSc1ccc(/C(=C/N2CCOCC2)C(=S)N2CCOCC2)cc1. The van der Waals surface area contributed by atoms with Crippen molar-refractivity contribution < 1.29 is 9.47 Å². The van der Waals surface area contributed by atoms with Crippen LogP contribution in [0, 0.1) is 0 Å². The van der Waals surface area contributed by atoms with E-state index in [1.165, 1.54) is 10.5 Å². The molecule has 3 rings (SSSR count). The minimum atomic E-state index is 0.746. The van der Waals surface area contributed by atoms with Crippen molar-refractivity contribution in [3.05, 3.63) is 36.0 Å². The average Bonchev–Trinajstić information content (AvgIpc) is 2.67. The van der Waals surface area contributed by atoms with E-state index >= 15 is 0 Å². The van der Waals surface area contributed by atoms with Crippen molar-refractivity contribution in [1.29, 1.82) is 0 Å². The minimum absolute atomic E-state index is 0.746. The molecule has 24 heavy (non-hydrogen) atoms. The van der Waals surface area contributed by atoms with Crippen LogP contribution < -0.4 is 0 Å². The lowest BCUT2D eigenvalue weighted by Gasteiger charge is -2.32. The highest BCUT2D eigenvalue weighted by molar-refractivity contribution is 7.98. The fraction of sp³-hybridized carbons (Fsp3) is 0.500. The van der Waals surface area contributed by atoms with E-state index in [2.05, 4.69) is 46.5 Å². The summed E-state index contributed by atoms with van der Waals surface area (Å²) in [4.78, 5) is 6.75. The van der Waals surface area contributed by atoms with Crippen LogP contribution in [0.15, 0.2) is 35.4 Å². The van der Waals surface area contributed by atoms with Crippen LogP contribution in [-0.2, 0) is 9.47 Å². The molecule has 2 saturated heterocycles. The molecule has 2 aliphatic rings. The van der Waals surface area contributed by atoms with Gasteiger partial charge in [-0.25, -0.2) is 0 Å². The van der Waals surface area contributed by atoms with E-state index in [1.54, 1.807) is 11.8 Å². The highest BCUT2D eigenvalue weighted by atomic mass is 32.2. The van der Waals surface area contributed by atoms with Crippen molar-refractivity contribution in [1.82, 2.24) is 9.80 Å². The summed E-state index contributed by atoms with van der Waals surface area (Å²) in [7, 11) is 0. The van der Waals surface area contributed by atoms with Crippen LogP contribution in [-0.4, -0.2) is 73.7 Å². The lowest BCUT2D eigenvalue weighted by atomic mass is 10.1. The summed E-state index contributed by atoms with van der Waals surface area (Å²) < 4.78 is 10.9. The standard InChI is InChI=1S/C18H24N2O2S2/c1-24-16-4-2-15(3-5-16)17(14-19-6-10-21-11-7-19)18(23)20-8-12-22-13-9-20/h2-5,14H,6-13H2,1H3/b17-14-. The Balaban J connectivity index is 1.86. The second-order valence-corrected chi connectivity index (χ2v) is 7.09. The Morgan fingerprint density at radius 1 is 1.00 bits per heavy atom. The lowest BCUT2D eigenvalue weighted by molar-refractivity contribution is 0.0595. The number of hydrogen-bond donors (Lipinski definition) is 0. The molecule has 0 amide bonds. The Morgan fingerprint density at radius 3 is 2.17 bits per heavy atom. The Labute approximate surface area is 153 Å². The van der Waals surface area contributed by atoms with Gasteiger partial charge in [-0.15, -0.1) is 11.8 Å². The first kappa shape index (κ1) is 17.7. The quantitative estimate of drug-likeness (QED) is 0.463. The zero-order valence-corrected chi connectivity index (χ0v) is 15.7. The van der Waals surface area contributed by atoms with Crippen LogP contribution in [0.3, 0.4) is 0 Å². The van der Waals surface area contributed by atoms with Crippen LogP contribution in [0.1, 0.15) is 5.56 Å². The summed E-state index contributed by atoms with van der Waals surface area (Å²) in [6, 6.07) is 8.67. The van der Waals surface area contributed by atoms with Crippen molar-refractivity contribution in [2.75, 3.05) is 58.9 Å². The molecule has 0 saturated carbocycles. The molecule has 0 atom stereocenters. The molecule has 0 bridgehead atoms. The third kappa shape index (κ3) is 4.51. The lowest BCUT2D eigenvalue weighted by Crippen LogP contribution is -2.41. The van der Waals surface area contributed by atoms with Gasteiger partial charge in [0.1, 0.15) is 4.99 Å². The van der Waals surface area contributed by atoms with Gasteiger partial charge in [0, 0.05) is 42.8 Å². The van der Waals surface area contributed by atoms with Crippen molar-refractivity contribution in [2.45, 2.75) is 4.90 Å². The fourth-order valence-corrected chi connectivity index (χ4v) is 3.61. The molecule has 2 fully saturated rings. The Morgan fingerprint density at radius 2 is 1.58 bits per heavy atom. The zero-order valence-electron chi connectivity index (χ0n) is 14.1. The molecule has 0 N–H and O–H groups in total. The second-order valence-electron chi connectivity index (χ2n) is 5.82. The molecule has 2 heterocycles. The maximum atomic E-state index is 5.85. The van der Waals surface area contributed by atoms with Gasteiger partial charge >= 0.3 is 0 Å². The maximum Gasteiger partial charge on any atom is 0.111 e. The molecule has 130 valence electrons. The molecule has 0 radical (unpaired) electrons. The summed E-state index contributed by atoms with van der Waals surface area (Å²) in [5, 5.41) is 0. The van der Waals surface area contributed by atoms with Crippen LogP contribution in [0.2, 0.25) is 0 Å². The Hall–Kier alpha value is -1.08. The van der Waals surface area contributed by atoms with Crippen molar-refractivity contribution in [3.63, 3.8) is 0 Å². The summed E-state index contributed by atoms with van der Waals surface area (Å²) >= 11 is 7.60. The van der Waals surface area contributed by atoms with Crippen LogP contribution in [0.4, 0.5) is 0 Å². The molecule has 0 aliphatic carbocycles. The van der Waals surface area contributed by atoms with Gasteiger partial charge in [-0.2, -0.15) is 0 Å². The van der Waals surface area contributed by atoms with Gasteiger partial charge in [0.05, 0.1) is 26.4 Å². The topological polar surface area (TPSA) is 24.9 Å². The predicted molar refractivity (Wildman–Crippen MR) is 104 cm³/mol. The third-order valence-electron chi connectivity index (χ3n) is 4.29. The van der Waals surface area contributed by atoms with Gasteiger partial charge in [-0.05, 0) is 24.0 Å². The van der Waals surface area contributed by atoms with E-state index in [0.29, 0.717) is 0 Å². The number of hydrogen-bond acceptors (Lipinski definition) is 5. The minimum Gasteiger partial charge on any atom is -0.378 e. The first-order valence-corrected chi connectivity index (χ1v) is 9.96. The average molecular weight is 365 g/mol. The van der Waals surface area contributed by atoms with Gasteiger partial charge < -0.3 is 19.3 Å². The number of rotatable bonds is 4. The third-order valence-corrected chi connectivity index (χ3v) is 5.51. The molecule has 0 spiro atoms. The van der Waals surface area contributed by atoms with Gasteiger partial charge in [0.15, 0.2) is 0 Å². The van der Waals surface area contributed by atoms with E-state index in [-0.39, 0.29) is 0 Å². The fourth-order valence-electron chi connectivity index (χ4n) is 2.85. The molecule has 0 unspecified atom stereocenters. The number of benzene rings is 1. The highest BCUT2D eigenvalue weighted by Gasteiger charge is 2.20. The smallest absolute Gasteiger partial charge is 0.111 e. The van der Waals surface area contributed by atoms with Crippen molar-refractivity contribution in [2.24, 2.45) is 0 Å². The predicted octanol–water partition coefficient (Wildman–Crippen LogP) is 2.74. The molecule has 4 nitrogen and oxygen atoms in total. The molecule has 0 aromatic heterocycles. The number of thiocarbonyl (C=S) groups is 1. The largest absolute Gasteiger partial charge is 0.378 e. The molecule has 2 aliphatic heterocycles. The molecule has 6 heteroatoms. The van der Waals surface area contributed by atoms with Gasteiger partial charge in [-0.1, -0.05) is 24.4 Å². The van der Waals surface area contributed by atoms with Crippen LogP contribution >= 0.6 is 24.0 Å². The first-order valence-electron chi connectivity index (χ1n) is 8.33. The summed E-state index contributed by atoms with van der Waals surface area (Å²) in [5.41, 5.74) is 2.30. The first-order chi connectivity index (χ1) is 11.8. The number of ether oxygens (including phenoxy) is 2. The summed E-state index contributed by atoms with van der Waals surface area (Å²) in [6.07, 6.45) is 4.31. The normalized spacial score (nSPS) is 19.5.